The second-order valence-corrected chi connectivity index (χ2v) is 18.0. The Morgan fingerprint density at radius 2 is 1.31 bits per heavy atom. The number of aliphatic hydroxyl groups is 9. The highest BCUT2D eigenvalue weighted by Crippen LogP contribution is 2.73. The van der Waals surface area contributed by atoms with E-state index < -0.39 is 122 Å². The summed E-state index contributed by atoms with van der Waals surface area (Å²) in [6.45, 7) is 8.61. The van der Waals surface area contributed by atoms with E-state index in [0.29, 0.717) is 32.1 Å². The van der Waals surface area contributed by atoms with Crippen molar-refractivity contribution >= 4 is 5.97 Å². The molecule has 7 rings (SSSR count). The van der Waals surface area contributed by atoms with E-state index >= 15 is 0 Å². The number of carboxylic acids is 1. The molecule has 7 aliphatic rings. The Morgan fingerprint density at radius 1 is 0.727 bits per heavy atom. The van der Waals surface area contributed by atoms with Crippen molar-refractivity contribution in [3.05, 3.63) is 12.2 Å². The van der Waals surface area contributed by atoms with Crippen molar-refractivity contribution in [2.45, 2.75) is 176 Å². The molecule has 0 aromatic rings. The van der Waals surface area contributed by atoms with E-state index in [2.05, 4.69) is 13.5 Å². The quantitative estimate of drug-likeness (QED) is 0.0956. The minimum Gasteiger partial charge on any atom is -0.481 e. The molecule has 0 radical (unpaired) electrons. The lowest BCUT2D eigenvalue weighted by molar-refractivity contribution is -0.398. The van der Waals surface area contributed by atoms with Crippen LogP contribution in [0.3, 0.4) is 0 Å². The summed E-state index contributed by atoms with van der Waals surface area (Å²) in [5, 5.41) is 106. The number of aliphatic hydroxyl groups excluding tert-OH is 9. The van der Waals surface area contributed by atoms with Gasteiger partial charge in [-0.05, 0) is 93.5 Å². The highest BCUT2D eigenvalue weighted by Gasteiger charge is 2.69. The lowest BCUT2D eigenvalue weighted by Crippen LogP contribution is -2.67. The SMILES string of the molecule is C=C1C[C@@]23CC[C@H]4[C@@](C)(CCC[C@@]4(C)C(=O)O)[C@@H]2CC[C@]1(O[C@@H]1O[C@H](CO)[C@@H](O)[C@H](O[C@@H]2O[C@H](CO)[C@@H](O)[C@H](O)[C@H]2O)[C@H]1O[C@H]1O[C@H](C)[C@@H](O)[C@H](O)[C@@H]1O)C3. The predicted molar refractivity (Wildman–Crippen MR) is 185 cm³/mol. The van der Waals surface area contributed by atoms with Crippen molar-refractivity contribution < 1.29 is 84.3 Å². The van der Waals surface area contributed by atoms with Gasteiger partial charge in [-0.3, -0.25) is 4.79 Å². The van der Waals surface area contributed by atoms with Gasteiger partial charge in [-0.25, -0.2) is 0 Å². The third-order valence-corrected chi connectivity index (χ3v) is 15.0. The molecule has 4 saturated carbocycles. The first-order valence-corrected chi connectivity index (χ1v) is 19.7. The van der Waals surface area contributed by atoms with Gasteiger partial charge in [0.25, 0.3) is 0 Å². The van der Waals surface area contributed by atoms with Gasteiger partial charge in [-0.1, -0.05) is 19.9 Å². The third kappa shape index (κ3) is 6.63. The van der Waals surface area contributed by atoms with Crippen LogP contribution >= 0.6 is 0 Å². The molecule has 17 heteroatoms. The summed E-state index contributed by atoms with van der Waals surface area (Å²) in [6.07, 6.45) is -17.6. The zero-order chi connectivity index (χ0) is 40.0. The van der Waals surface area contributed by atoms with Gasteiger partial charge in [0.1, 0.15) is 67.1 Å². The summed E-state index contributed by atoms with van der Waals surface area (Å²) in [5.74, 6) is -0.551. The van der Waals surface area contributed by atoms with Crippen molar-refractivity contribution in [1.82, 2.24) is 0 Å². The molecule has 55 heavy (non-hydrogen) atoms. The first-order chi connectivity index (χ1) is 25.9. The molecule has 3 heterocycles. The van der Waals surface area contributed by atoms with Crippen molar-refractivity contribution in [3.8, 4) is 0 Å². The van der Waals surface area contributed by atoms with Crippen LogP contribution in [-0.2, 0) is 33.2 Å². The molecular formula is C38H60O17. The first kappa shape index (κ1) is 41.8. The standard InChI is InChI=1S/C38H60O17/c1-16-12-37-10-6-20-35(3,8-5-9-36(20,4)34(48)49)21(37)7-11-38(16,15-37)55-33-30(54-31-27(46)25(44)22(41)17(2)50-31)29(24(43)19(14-40)52-33)53-32-28(47)26(45)23(42)18(13-39)51-32/h17-33,39-47H,1,5-15H2,2-4H3,(H,48,49)/t17-,18-,19-,20+,21+,22-,23-,24-,25+,26+,27+,28-,29+,30-,31-,32+,33+,35-,36-,37-,38+/m1/s1. The van der Waals surface area contributed by atoms with E-state index in [1.807, 2.05) is 6.92 Å². The third-order valence-electron chi connectivity index (χ3n) is 15.0. The molecule has 3 saturated heterocycles. The molecule has 17 nitrogen and oxygen atoms in total. The average Bonchev–Trinajstić information content (AvgIpc) is 3.34. The van der Waals surface area contributed by atoms with Gasteiger partial charge in [0, 0.05) is 0 Å². The fourth-order valence-corrected chi connectivity index (χ4v) is 12.0. The average molecular weight is 789 g/mol. The highest BCUT2D eigenvalue weighted by atomic mass is 16.8. The van der Waals surface area contributed by atoms with Crippen LogP contribution in [0.15, 0.2) is 12.2 Å². The van der Waals surface area contributed by atoms with Crippen molar-refractivity contribution in [1.29, 1.82) is 0 Å². The van der Waals surface area contributed by atoms with Gasteiger partial charge in [0.05, 0.1) is 30.3 Å². The van der Waals surface area contributed by atoms with Gasteiger partial charge >= 0.3 is 5.97 Å². The zero-order valence-electron chi connectivity index (χ0n) is 31.6. The number of rotatable bonds is 9. The van der Waals surface area contributed by atoms with Crippen molar-refractivity contribution in [2.24, 2.45) is 28.1 Å². The number of fused-ring (bicyclic) bond motifs is 3. The maximum atomic E-state index is 12.7. The Morgan fingerprint density at radius 3 is 1.96 bits per heavy atom. The van der Waals surface area contributed by atoms with E-state index in [-0.39, 0.29) is 22.7 Å². The number of hydrogen-bond acceptors (Lipinski definition) is 16. The summed E-state index contributed by atoms with van der Waals surface area (Å²) in [4.78, 5) is 12.7. The van der Waals surface area contributed by atoms with Crippen LogP contribution < -0.4 is 0 Å². The van der Waals surface area contributed by atoms with E-state index in [9.17, 15) is 55.9 Å². The molecule has 314 valence electrons. The molecule has 3 aliphatic heterocycles. The number of carbonyl (C=O) groups is 1. The second kappa shape index (κ2) is 15.0. The van der Waals surface area contributed by atoms with Crippen molar-refractivity contribution in [3.63, 3.8) is 0 Å². The normalized spacial score (nSPS) is 55.4. The predicted octanol–water partition coefficient (Wildman–Crippen LogP) is -1.34. The van der Waals surface area contributed by atoms with Gasteiger partial charge in [0.2, 0.25) is 0 Å². The maximum Gasteiger partial charge on any atom is 0.309 e. The molecule has 0 aromatic heterocycles. The minimum atomic E-state index is -1.88. The Hall–Kier alpha value is -1.39. The number of hydrogen-bond donors (Lipinski definition) is 10. The summed E-state index contributed by atoms with van der Waals surface area (Å²) in [7, 11) is 0. The largest absolute Gasteiger partial charge is 0.481 e. The molecular weight excluding hydrogens is 728 g/mol. The Kier molecular flexibility index (Phi) is 11.4. The monoisotopic (exact) mass is 788 g/mol. The summed E-state index contributed by atoms with van der Waals surface area (Å²) >= 11 is 0. The van der Waals surface area contributed by atoms with E-state index in [4.69, 9.17) is 28.4 Å². The van der Waals surface area contributed by atoms with Gasteiger partial charge < -0.3 is 79.5 Å². The Balaban J connectivity index is 1.21. The summed E-state index contributed by atoms with van der Waals surface area (Å²) in [5.41, 5.74) is -1.49. The van der Waals surface area contributed by atoms with Crippen LogP contribution in [0.2, 0.25) is 0 Å². The van der Waals surface area contributed by atoms with Crippen LogP contribution in [0, 0.1) is 28.1 Å². The fraction of sp³-hybridized carbons (Fsp3) is 0.921. The topological polar surface area (TPSA) is 275 Å². The summed E-state index contributed by atoms with van der Waals surface area (Å²) in [6, 6.07) is 0. The Labute approximate surface area is 319 Å². The van der Waals surface area contributed by atoms with E-state index in [1.54, 1.807) is 0 Å². The molecule has 21 atom stereocenters. The van der Waals surface area contributed by atoms with Crippen LogP contribution in [0.1, 0.15) is 78.6 Å². The Bertz CT molecular complexity index is 1430. The molecule has 2 bridgehead atoms. The van der Waals surface area contributed by atoms with Crippen LogP contribution in [0.5, 0.6) is 0 Å². The minimum absolute atomic E-state index is 0.00826. The molecule has 0 aromatic carbocycles. The molecule has 0 amide bonds. The zero-order valence-corrected chi connectivity index (χ0v) is 31.6. The molecule has 7 fully saturated rings. The van der Waals surface area contributed by atoms with Crippen LogP contribution in [0.4, 0.5) is 0 Å². The summed E-state index contributed by atoms with van der Waals surface area (Å²) < 4.78 is 36.9. The van der Waals surface area contributed by atoms with Crippen molar-refractivity contribution in [2.75, 3.05) is 13.2 Å². The van der Waals surface area contributed by atoms with E-state index in [1.165, 1.54) is 6.92 Å². The maximum absolute atomic E-state index is 12.7. The molecule has 10 N–H and O–H groups in total. The molecule has 0 unspecified atom stereocenters. The smallest absolute Gasteiger partial charge is 0.309 e. The number of aliphatic carboxylic acids is 1. The fourth-order valence-electron chi connectivity index (χ4n) is 12.0. The lowest BCUT2D eigenvalue weighted by Gasteiger charge is -2.64. The molecule has 1 spiro atoms. The van der Waals surface area contributed by atoms with Gasteiger partial charge in [0.15, 0.2) is 18.9 Å². The van der Waals surface area contributed by atoms with E-state index in [0.717, 1.165) is 31.3 Å². The number of carboxylic acid groups (broad SMARTS) is 1. The van der Waals surface area contributed by atoms with Crippen LogP contribution in [-0.4, -0.2) is 168 Å². The highest BCUT2D eigenvalue weighted by molar-refractivity contribution is 5.75. The second-order valence-electron chi connectivity index (χ2n) is 18.0. The first-order valence-electron chi connectivity index (χ1n) is 19.7. The number of ether oxygens (including phenoxy) is 6. The van der Waals surface area contributed by atoms with Gasteiger partial charge in [-0.15, -0.1) is 0 Å². The molecule has 4 aliphatic carbocycles. The van der Waals surface area contributed by atoms with Crippen LogP contribution in [0.25, 0.3) is 0 Å². The van der Waals surface area contributed by atoms with Gasteiger partial charge in [-0.2, -0.15) is 0 Å². The lowest BCUT2D eigenvalue weighted by atomic mass is 9.41.